The first-order valence-electron chi connectivity index (χ1n) is 6.91. The number of aromatic amines is 1. The fourth-order valence-corrected chi connectivity index (χ4v) is 3.20. The molecule has 3 rings (SSSR count). The monoisotopic (exact) mass is 312 g/mol. The zero-order chi connectivity index (χ0) is 15.7. The number of hydrogen-bond acceptors (Lipinski definition) is 5. The van der Waals surface area contributed by atoms with Crippen LogP contribution in [-0.2, 0) is 0 Å². The summed E-state index contributed by atoms with van der Waals surface area (Å²) in [5, 5.41) is 6.00. The van der Waals surface area contributed by atoms with E-state index < -0.39 is 0 Å². The highest BCUT2D eigenvalue weighted by atomic mass is 32.1. The number of hydrazone groups is 1. The van der Waals surface area contributed by atoms with Gasteiger partial charge in [0.2, 0.25) is 5.13 Å². The lowest BCUT2D eigenvalue weighted by Gasteiger charge is -1.94. The zero-order valence-electron chi connectivity index (χ0n) is 12.6. The van der Waals surface area contributed by atoms with Crippen LogP contribution < -0.4 is 5.43 Å². The van der Waals surface area contributed by atoms with Crippen molar-refractivity contribution in [3.8, 4) is 0 Å². The van der Waals surface area contributed by atoms with Crippen LogP contribution in [0.25, 0.3) is 10.9 Å². The summed E-state index contributed by atoms with van der Waals surface area (Å²) in [5.74, 6) is 0.0273. The number of thiazole rings is 1. The third kappa shape index (κ3) is 2.65. The molecule has 0 radical (unpaired) electrons. The van der Waals surface area contributed by atoms with Gasteiger partial charge in [0.05, 0.1) is 16.8 Å². The number of carbonyl (C=O) groups is 1. The smallest absolute Gasteiger partial charge is 0.204 e. The summed E-state index contributed by atoms with van der Waals surface area (Å²) >= 11 is 1.32. The second kappa shape index (κ2) is 5.73. The molecule has 0 aliphatic rings. The van der Waals surface area contributed by atoms with E-state index in [1.54, 1.807) is 13.1 Å². The fraction of sp³-hybridized carbons (Fsp3) is 0.188. The number of hydrogen-bond donors (Lipinski definition) is 2. The van der Waals surface area contributed by atoms with Gasteiger partial charge >= 0.3 is 0 Å². The third-order valence-corrected chi connectivity index (χ3v) is 4.58. The molecule has 0 spiro atoms. The molecule has 5 nitrogen and oxygen atoms in total. The number of aryl methyl sites for hydroxylation is 2. The van der Waals surface area contributed by atoms with E-state index in [0.717, 1.165) is 27.9 Å². The quantitative estimate of drug-likeness (QED) is 0.436. The van der Waals surface area contributed by atoms with Gasteiger partial charge in [-0.15, -0.1) is 0 Å². The molecule has 2 aromatic heterocycles. The van der Waals surface area contributed by atoms with E-state index in [1.807, 2.05) is 32.0 Å². The van der Waals surface area contributed by atoms with Crippen molar-refractivity contribution in [2.24, 2.45) is 5.10 Å². The van der Waals surface area contributed by atoms with Crippen molar-refractivity contribution < 1.29 is 4.79 Å². The van der Waals surface area contributed by atoms with Gasteiger partial charge in [0.15, 0.2) is 5.78 Å². The summed E-state index contributed by atoms with van der Waals surface area (Å²) in [6, 6.07) is 8.10. The van der Waals surface area contributed by atoms with Gasteiger partial charge in [-0.05, 0) is 19.9 Å². The average Bonchev–Trinajstić information content (AvgIpc) is 3.00. The van der Waals surface area contributed by atoms with Crippen molar-refractivity contribution in [1.82, 2.24) is 9.97 Å². The summed E-state index contributed by atoms with van der Waals surface area (Å²) in [6.07, 6.45) is 1.78. The number of nitrogens with zero attached hydrogens (tertiary/aromatic N) is 2. The van der Waals surface area contributed by atoms with Crippen LogP contribution >= 0.6 is 11.3 Å². The van der Waals surface area contributed by atoms with Gasteiger partial charge in [-0.1, -0.05) is 29.5 Å². The van der Waals surface area contributed by atoms with E-state index in [1.165, 1.54) is 11.3 Å². The number of carbonyl (C=O) groups excluding carboxylic acids is 1. The molecule has 0 aliphatic heterocycles. The first-order chi connectivity index (χ1) is 10.6. The Morgan fingerprint density at radius 2 is 2.14 bits per heavy atom. The molecule has 0 unspecified atom stereocenters. The van der Waals surface area contributed by atoms with Crippen molar-refractivity contribution in [3.63, 3.8) is 0 Å². The van der Waals surface area contributed by atoms with E-state index >= 15 is 0 Å². The fourth-order valence-electron chi connectivity index (χ4n) is 2.39. The Morgan fingerprint density at radius 1 is 1.36 bits per heavy atom. The van der Waals surface area contributed by atoms with Crippen LogP contribution in [0.3, 0.4) is 0 Å². The first kappa shape index (κ1) is 14.5. The molecule has 0 saturated carbocycles. The molecular formula is C16H16N4OS. The molecule has 0 bridgehead atoms. The zero-order valence-corrected chi connectivity index (χ0v) is 13.4. The lowest BCUT2D eigenvalue weighted by atomic mass is 10.1. The Hall–Kier alpha value is -2.47. The summed E-state index contributed by atoms with van der Waals surface area (Å²) < 4.78 is 0. The highest BCUT2D eigenvalue weighted by Gasteiger charge is 2.11. The topological polar surface area (TPSA) is 70.1 Å². The van der Waals surface area contributed by atoms with Crippen molar-refractivity contribution in [3.05, 3.63) is 46.1 Å². The number of H-pyrrole nitrogens is 1. The molecule has 6 heteroatoms. The number of benzene rings is 1. The van der Waals surface area contributed by atoms with E-state index in [4.69, 9.17) is 0 Å². The highest BCUT2D eigenvalue weighted by Crippen LogP contribution is 2.23. The Kier molecular flexibility index (Phi) is 3.77. The van der Waals surface area contributed by atoms with Crippen molar-refractivity contribution in [2.45, 2.75) is 20.8 Å². The van der Waals surface area contributed by atoms with E-state index in [0.29, 0.717) is 10.0 Å². The van der Waals surface area contributed by atoms with Gasteiger partial charge < -0.3 is 4.98 Å². The molecule has 0 amide bonds. The third-order valence-electron chi connectivity index (χ3n) is 3.41. The summed E-state index contributed by atoms with van der Waals surface area (Å²) in [5.41, 5.74) is 6.83. The Morgan fingerprint density at radius 3 is 2.86 bits per heavy atom. The predicted octanol–water partition coefficient (Wildman–Crippen LogP) is 3.89. The number of aromatic nitrogens is 2. The molecule has 0 fully saturated rings. The number of fused-ring (bicyclic) bond motifs is 1. The Bertz CT molecular complexity index is 876. The first-order valence-corrected chi connectivity index (χ1v) is 7.72. The van der Waals surface area contributed by atoms with Gasteiger partial charge in [-0.2, -0.15) is 5.10 Å². The molecule has 22 heavy (non-hydrogen) atoms. The second-order valence-electron chi connectivity index (χ2n) is 5.07. The lowest BCUT2D eigenvalue weighted by molar-refractivity contribution is 0.102. The molecule has 112 valence electrons. The van der Waals surface area contributed by atoms with Crippen LogP contribution in [0, 0.1) is 13.8 Å². The molecule has 3 aromatic rings. The lowest BCUT2D eigenvalue weighted by Crippen LogP contribution is -1.91. The Balaban J connectivity index is 1.83. The van der Waals surface area contributed by atoms with E-state index in [9.17, 15) is 4.79 Å². The maximum atomic E-state index is 11.4. The van der Waals surface area contributed by atoms with Gasteiger partial charge in [-0.3, -0.25) is 10.2 Å². The molecular weight excluding hydrogens is 296 g/mol. The minimum atomic E-state index is 0.0273. The predicted molar refractivity (Wildman–Crippen MR) is 91.1 cm³/mol. The van der Waals surface area contributed by atoms with Crippen LogP contribution in [0.1, 0.15) is 33.5 Å². The van der Waals surface area contributed by atoms with Crippen molar-refractivity contribution in [2.75, 3.05) is 5.43 Å². The molecule has 0 atom stereocenters. The van der Waals surface area contributed by atoms with Gasteiger partial charge in [-0.25, -0.2) is 4.98 Å². The van der Waals surface area contributed by atoms with Gasteiger partial charge in [0.1, 0.15) is 0 Å². The molecule has 1 aromatic carbocycles. The number of Topliss-reactive ketones (excluding diaryl/α,β-unsaturated/α-hetero) is 1. The van der Waals surface area contributed by atoms with Gasteiger partial charge in [0.25, 0.3) is 0 Å². The molecule has 2 heterocycles. The van der Waals surface area contributed by atoms with Crippen molar-refractivity contribution >= 4 is 39.4 Å². The van der Waals surface area contributed by atoms with Crippen LogP contribution in [-0.4, -0.2) is 22.0 Å². The normalized spacial score (nSPS) is 11.4. The number of para-hydroxylation sites is 1. The van der Waals surface area contributed by atoms with E-state index in [2.05, 4.69) is 26.6 Å². The number of rotatable bonds is 4. The van der Waals surface area contributed by atoms with Gasteiger partial charge in [0, 0.05) is 29.1 Å². The van der Waals surface area contributed by atoms with Crippen LogP contribution in [0.4, 0.5) is 5.13 Å². The standard InChI is InChI=1S/C16H16N4OS/c1-9-13(12-6-4-5-7-14(12)18-9)8-17-20-16-19-10(2)15(22-16)11(3)21/h4-8,18H,1-3H3,(H,19,20)/b17-8-. The number of nitrogens with one attached hydrogen (secondary N) is 2. The molecule has 0 aliphatic carbocycles. The number of ketones is 1. The average molecular weight is 312 g/mol. The largest absolute Gasteiger partial charge is 0.358 e. The van der Waals surface area contributed by atoms with Crippen LogP contribution in [0.2, 0.25) is 0 Å². The Labute approximate surface area is 132 Å². The van der Waals surface area contributed by atoms with E-state index in [-0.39, 0.29) is 5.78 Å². The summed E-state index contributed by atoms with van der Waals surface area (Å²) in [6.45, 7) is 5.39. The molecule has 2 N–H and O–H groups in total. The minimum absolute atomic E-state index is 0.0273. The van der Waals surface area contributed by atoms with Crippen LogP contribution in [0.15, 0.2) is 29.4 Å². The highest BCUT2D eigenvalue weighted by molar-refractivity contribution is 7.17. The summed E-state index contributed by atoms with van der Waals surface area (Å²) in [7, 11) is 0. The second-order valence-corrected chi connectivity index (χ2v) is 6.07. The minimum Gasteiger partial charge on any atom is -0.358 e. The maximum absolute atomic E-state index is 11.4. The SMILES string of the molecule is CC(=O)c1sc(N/N=C\c2c(C)[nH]c3ccccc23)nc1C. The molecule has 0 saturated heterocycles. The maximum Gasteiger partial charge on any atom is 0.204 e. The summed E-state index contributed by atoms with van der Waals surface area (Å²) in [4.78, 5) is 19.7. The van der Waals surface area contributed by atoms with Crippen LogP contribution in [0.5, 0.6) is 0 Å². The van der Waals surface area contributed by atoms with Crippen molar-refractivity contribution in [1.29, 1.82) is 0 Å². The number of anilines is 1.